The predicted molar refractivity (Wildman–Crippen MR) is 67.6 cm³/mol. The van der Waals surface area contributed by atoms with E-state index in [1.807, 2.05) is 18.0 Å². The predicted octanol–water partition coefficient (Wildman–Crippen LogP) is 2.58. The first-order valence-corrected chi connectivity index (χ1v) is 6.21. The van der Waals surface area contributed by atoms with Gasteiger partial charge in [-0.15, -0.1) is 0 Å². The zero-order valence-electron chi connectivity index (χ0n) is 10.1. The standard InChI is InChI=1S/C15H17NO/c1-16-10-9-15(14(16)17)8-7-13(11-15)12-5-3-2-4-6-12/h2-8,13H,9-11H2,1H3/t13-,15-/m1/s1. The van der Waals surface area contributed by atoms with E-state index in [0.29, 0.717) is 11.8 Å². The van der Waals surface area contributed by atoms with Crippen LogP contribution in [-0.2, 0) is 4.79 Å². The van der Waals surface area contributed by atoms with E-state index in [1.165, 1.54) is 5.56 Å². The van der Waals surface area contributed by atoms with Crippen LogP contribution in [0.5, 0.6) is 0 Å². The smallest absolute Gasteiger partial charge is 0.232 e. The van der Waals surface area contributed by atoms with Crippen molar-refractivity contribution in [3.05, 3.63) is 48.0 Å². The normalized spacial score (nSPS) is 31.7. The Morgan fingerprint density at radius 2 is 2.06 bits per heavy atom. The van der Waals surface area contributed by atoms with Crippen LogP contribution >= 0.6 is 0 Å². The number of amides is 1. The summed E-state index contributed by atoms with van der Waals surface area (Å²) in [6.07, 6.45) is 6.28. The number of hydrogen-bond acceptors (Lipinski definition) is 1. The Labute approximate surface area is 102 Å². The molecule has 1 aromatic rings. The Hall–Kier alpha value is -1.57. The van der Waals surface area contributed by atoms with Crippen LogP contribution in [0.25, 0.3) is 0 Å². The molecule has 0 unspecified atom stereocenters. The zero-order chi connectivity index (χ0) is 11.9. The highest BCUT2D eigenvalue weighted by molar-refractivity contribution is 5.87. The Balaban J connectivity index is 1.84. The second kappa shape index (κ2) is 3.73. The molecule has 2 heteroatoms. The molecule has 1 aromatic carbocycles. The first kappa shape index (κ1) is 10.6. The van der Waals surface area contributed by atoms with Gasteiger partial charge in [0.2, 0.25) is 5.91 Å². The summed E-state index contributed by atoms with van der Waals surface area (Å²) in [5, 5.41) is 0. The molecule has 0 radical (unpaired) electrons. The molecule has 2 aliphatic rings. The molecule has 2 atom stereocenters. The summed E-state index contributed by atoms with van der Waals surface area (Å²) >= 11 is 0. The summed E-state index contributed by atoms with van der Waals surface area (Å²) in [4.78, 5) is 14.0. The third-order valence-electron chi connectivity index (χ3n) is 4.13. The highest BCUT2D eigenvalue weighted by Gasteiger charge is 2.47. The lowest BCUT2D eigenvalue weighted by Crippen LogP contribution is -2.29. The van der Waals surface area contributed by atoms with Gasteiger partial charge in [-0.1, -0.05) is 42.5 Å². The molecule has 0 N–H and O–H groups in total. The largest absolute Gasteiger partial charge is 0.345 e. The fraction of sp³-hybridized carbons (Fsp3) is 0.400. The van der Waals surface area contributed by atoms with E-state index in [9.17, 15) is 4.79 Å². The van der Waals surface area contributed by atoms with Gasteiger partial charge in [0, 0.05) is 19.5 Å². The average molecular weight is 227 g/mol. The van der Waals surface area contributed by atoms with Gasteiger partial charge in [0.05, 0.1) is 5.41 Å². The molecular weight excluding hydrogens is 210 g/mol. The van der Waals surface area contributed by atoms with Crippen LogP contribution in [0.3, 0.4) is 0 Å². The topological polar surface area (TPSA) is 20.3 Å². The van der Waals surface area contributed by atoms with Gasteiger partial charge in [-0.25, -0.2) is 0 Å². The van der Waals surface area contributed by atoms with E-state index in [1.54, 1.807) is 0 Å². The zero-order valence-corrected chi connectivity index (χ0v) is 10.1. The lowest BCUT2D eigenvalue weighted by molar-refractivity contribution is -0.132. The molecule has 0 saturated carbocycles. The van der Waals surface area contributed by atoms with E-state index in [-0.39, 0.29) is 5.41 Å². The number of allylic oxidation sites excluding steroid dienone is 1. The summed E-state index contributed by atoms with van der Waals surface area (Å²) in [7, 11) is 1.90. The van der Waals surface area contributed by atoms with Gasteiger partial charge in [-0.3, -0.25) is 4.79 Å². The third-order valence-corrected chi connectivity index (χ3v) is 4.13. The van der Waals surface area contributed by atoms with E-state index >= 15 is 0 Å². The Kier molecular flexibility index (Phi) is 2.32. The van der Waals surface area contributed by atoms with Crippen LogP contribution in [0.15, 0.2) is 42.5 Å². The molecule has 1 heterocycles. The fourth-order valence-corrected chi connectivity index (χ4v) is 3.06. The van der Waals surface area contributed by atoms with Gasteiger partial charge < -0.3 is 4.90 Å². The van der Waals surface area contributed by atoms with Crippen LogP contribution in [0.2, 0.25) is 0 Å². The van der Waals surface area contributed by atoms with Gasteiger partial charge in [-0.2, -0.15) is 0 Å². The van der Waals surface area contributed by atoms with Gasteiger partial charge >= 0.3 is 0 Å². The number of benzene rings is 1. The first-order chi connectivity index (χ1) is 8.21. The number of rotatable bonds is 1. The number of carbonyl (C=O) groups excluding carboxylic acids is 1. The van der Waals surface area contributed by atoms with E-state index in [0.717, 1.165) is 19.4 Å². The summed E-state index contributed by atoms with van der Waals surface area (Å²) in [6.45, 7) is 0.894. The van der Waals surface area contributed by atoms with Crippen molar-refractivity contribution in [1.29, 1.82) is 0 Å². The highest BCUT2D eigenvalue weighted by Crippen LogP contribution is 2.47. The average Bonchev–Trinajstić information content (AvgIpc) is 2.92. The summed E-state index contributed by atoms with van der Waals surface area (Å²) in [5.41, 5.74) is 1.12. The van der Waals surface area contributed by atoms with Crippen LogP contribution in [-0.4, -0.2) is 24.4 Å². The van der Waals surface area contributed by atoms with Gasteiger partial charge in [0.15, 0.2) is 0 Å². The molecule has 1 saturated heterocycles. The molecule has 1 amide bonds. The van der Waals surface area contributed by atoms with Crippen molar-refractivity contribution in [1.82, 2.24) is 4.90 Å². The quantitative estimate of drug-likeness (QED) is 0.675. The molecule has 17 heavy (non-hydrogen) atoms. The van der Waals surface area contributed by atoms with Crippen molar-refractivity contribution in [2.75, 3.05) is 13.6 Å². The van der Waals surface area contributed by atoms with Gasteiger partial charge in [-0.05, 0) is 18.4 Å². The highest BCUT2D eigenvalue weighted by atomic mass is 16.2. The fourth-order valence-electron chi connectivity index (χ4n) is 3.06. The summed E-state index contributed by atoms with van der Waals surface area (Å²) in [6, 6.07) is 10.5. The maximum atomic E-state index is 12.2. The monoisotopic (exact) mass is 227 g/mol. The lowest BCUT2D eigenvalue weighted by atomic mass is 9.82. The lowest BCUT2D eigenvalue weighted by Gasteiger charge is -2.21. The molecule has 3 rings (SSSR count). The minimum Gasteiger partial charge on any atom is -0.345 e. The van der Waals surface area contributed by atoms with E-state index in [4.69, 9.17) is 0 Å². The minimum atomic E-state index is -0.199. The van der Waals surface area contributed by atoms with Gasteiger partial charge in [0.25, 0.3) is 0 Å². The van der Waals surface area contributed by atoms with E-state index in [2.05, 4.69) is 36.4 Å². The van der Waals surface area contributed by atoms with Crippen LogP contribution in [0, 0.1) is 5.41 Å². The van der Waals surface area contributed by atoms with Crippen molar-refractivity contribution in [2.24, 2.45) is 5.41 Å². The second-order valence-electron chi connectivity index (χ2n) is 5.21. The Bertz CT molecular complexity index is 465. The second-order valence-corrected chi connectivity index (χ2v) is 5.21. The van der Waals surface area contributed by atoms with Crippen molar-refractivity contribution in [3.63, 3.8) is 0 Å². The molecule has 1 aliphatic carbocycles. The Morgan fingerprint density at radius 1 is 1.29 bits per heavy atom. The summed E-state index contributed by atoms with van der Waals surface area (Å²) < 4.78 is 0. The summed E-state index contributed by atoms with van der Waals surface area (Å²) in [5.74, 6) is 0.707. The molecule has 1 aliphatic heterocycles. The maximum Gasteiger partial charge on any atom is 0.232 e. The van der Waals surface area contributed by atoms with Crippen LogP contribution in [0.4, 0.5) is 0 Å². The van der Waals surface area contributed by atoms with Crippen LogP contribution < -0.4 is 0 Å². The molecule has 0 bridgehead atoms. The molecule has 1 spiro atoms. The molecule has 0 aromatic heterocycles. The first-order valence-electron chi connectivity index (χ1n) is 6.21. The molecule has 88 valence electrons. The molecule has 2 nitrogen and oxygen atoms in total. The molecular formula is C15H17NO. The number of likely N-dealkylation sites (tertiary alicyclic amines) is 1. The minimum absolute atomic E-state index is 0.199. The molecule has 1 fully saturated rings. The number of nitrogens with zero attached hydrogens (tertiary/aromatic N) is 1. The van der Waals surface area contributed by atoms with Crippen molar-refractivity contribution in [3.8, 4) is 0 Å². The third kappa shape index (κ3) is 1.59. The Morgan fingerprint density at radius 3 is 2.71 bits per heavy atom. The van der Waals surface area contributed by atoms with Crippen molar-refractivity contribution < 1.29 is 4.79 Å². The SMILES string of the molecule is CN1CC[C@@]2(C=C[C@@H](c3ccccc3)C2)C1=O. The number of hydrogen-bond donors (Lipinski definition) is 0. The number of carbonyl (C=O) groups is 1. The van der Waals surface area contributed by atoms with Crippen LogP contribution in [0.1, 0.15) is 24.3 Å². The van der Waals surface area contributed by atoms with E-state index < -0.39 is 0 Å². The maximum absolute atomic E-state index is 12.2. The van der Waals surface area contributed by atoms with Gasteiger partial charge in [0.1, 0.15) is 0 Å². The van der Waals surface area contributed by atoms with Crippen molar-refractivity contribution in [2.45, 2.75) is 18.8 Å². The van der Waals surface area contributed by atoms with Crippen molar-refractivity contribution >= 4 is 5.91 Å².